The second-order valence-corrected chi connectivity index (χ2v) is 8.76. The topological polar surface area (TPSA) is 33.3 Å². The second kappa shape index (κ2) is 9.44. The summed E-state index contributed by atoms with van der Waals surface area (Å²) < 4.78 is 5.95. The number of nitrogens with one attached hydrogen (secondary N) is 2. The Morgan fingerprint density at radius 3 is 2.11 bits per heavy atom. The Morgan fingerprint density at radius 2 is 1.61 bits per heavy atom. The molecule has 0 aliphatic rings. The maximum Gasteiger partial charge on any atom is 0.295 e. The van der Waals surface area contributed by atoms with E-state index in [0.717, 1.165) is 5.56 Å². The Hall–Kier alpha value is 0.540. The van der Waals surface area contributed by atoms with Crippen LogP contribution < -0.4 is 10.2 Å². The van der Waals surface area contributed by atoms with Gasteiger partial charge in [0.2, 0.25) is 0 Å². The molecular weight excluding hydrogens is 309 g/mol. The molecule has 7 heteroatoms. The van der Waals surface area contributed by atoms with Gasteiger partial charge < -0.3 is 0 Å². The lowest BCUT2D eigenvalue weighted by Gasteiger charge is -2.21. The van der Waals surface area contributed by atoms with Crippen molar-refractivity contribution in [3.05, 3.63) is 35.9 Å². The van der Waals surface area contributed by atoms with Crippen LogP contribution in [0.1, 0.15) is 5.56 Å². The van der Waals surface area contributed by atoms with E-state index in [1.807, 2.05) is 30.3 Å². The molecule has 0 aromatic heterocycles. The highest BCUT2D eigenvalue weighted by Crippen LogP contribution is 2.60. The van der Waals surface area contributed by atoms with Crippen LogP contribution >= 0.6 is 39.6 Å². The largest absolute Gasteiger partial charge is 0.295 e. The minimum absolute atomic E-state index is 0.549. The third-order valence-electron chi connectivity index (χ3n) is 2.16. The molecule has 0 bridgehead atoms. The van der Waals surface area contributed by atoms with Gasteiger partial charge in [-0.3, -0.25) is 0 Å². The summed E-state index contributed by atoms with van der Waals surface area (Å²) in [5.74, 6) is 1.10. The predicted molar refractivity (Wildman–Crippen MR) is 85.3 cm³/mol. The molecule has 1 atom stereocenters. The molecular formula is C11H19Cl2N2OP2+. The molecule has 102 valence electrons. The zero-order valence-electron chi connectivity index (χ0n) is 10.1. The van der Waals surface area contributed by atoms with E-state index in [2.05, 4.69) is 19.1 Å². The van der Waals surface area contributed by atoms with Crippen molar-refractivity contribution < 1.29 is 4.52 Å². The van der Waals surface area contributed by atoms with E-state index in [-0.39, 0.29) is 0 Å². The van der Waals surface area contributed by atoms with Gasteiger partial charge in [0.1, 0.15) is 6.61 Å². The lowest BCUT2D eigenvalue weighted by Crippen LogP contribution is -2.28. The van der Waals surface area contributed by atoms with Gasteiger partial charge in [-0.1, -0.05) is 30.3 Å². The summed E-state index contributed by atoms with van der Waals surface area (Å²) in [5.41, 5.74) is 1.14. The van der Waals surface area contributed by atoms with Crippen molar-refractivity contribution in [2.24, 2.45) is 0 Å². The zero-order chi connectivity index (χ0) is 13.3. The van der Waals surface area contributed by atoms with Crippen molar-refractivity contribution in [2.75, 3.05) is 24.8 Å². The Bertz CT molecular complexity index is 322. The molecule has 0 aliphatic heterocycles. The number of benzene rings is 1. The van der Waals surface area contributed by atoms with Crippen molar-refractivity contribution >= 4 is 39.6 Å². The van der Waals surface area contributed by atoms with Crippen molar-refractivity contribution in [1.82, 2.24) is 10.2 Å². The van der Waals surface area contributed by atoms with Crippen LogP contribution in [0.3, 0.4) is 0 Å². The van der Waals surface area contributed by atoms with Gasteiger partial charge in [-0.05, 0) is 5.56 Å². The first kappa shape index (κ1) is 16.6. The SMILES string of the molecule is P[P+](NCCCl)(NCCCl)OCc1ccccc1. The van der Waals surface area contributed by atoms with Gasteiger partial charge >= 0.3 is 0 Å². The highest BCUT2D eigenvalue weighted by molar-refractivity contribution is 8.19. The fraction of sp³-hybridized carbons (Fsp3) is 0.455. The minimum atomic E-state index is -1.92. The average Bonchev–Trinajstić information content (AvgIpc) is 2.42. The normalized spacial score (nSPS) is 11.7. The van der Waals surface area contributed by atoms with Crippen molar-refractivity contribution in [1.29, 1.82) is 0 Å². The molecule has 0 heterocycles. The van der Waals surface area contributed by atoms with E-state index in [4.69, 9.17) is 27.7 Å². The van der Waals surface area contributed by atoms with E-state index in [0.29, 0.717) is 31.5 Å². The molecule has 0 fully saturated rings. The summed E-state index contributed by atoms with van der Waals surface area (Å²) in [4.78, 5) is 0. The maximum absolute atomic E-state index is 5.95. The predicted octanol–water partition coefficient (Wildman–Crippen LogP) is 3.41. The average molecular weight is 328 g/mol. The number of rotatable bonds is 9. The third-order valence-corrected chi connectivity index (χ3v) is 6.00. The van der Waals surface area contributed by atoms with E-state index in [1.165, 1.54) is 0 Å². The highest BCUT2D eigenvalue weighted by atomic mass is 35.5. The van der Waals surface area contributed by atoms with Crippen LogP contribution in [0.2, 0.25) is 0 Å². The molecule has 1 aromatic carbocycles. The van der Waals surface area contributed by atoms with Crippen molar-refractivity contribution in [3.8, 4) is 0 Å². The molecule has 0 radical (unpaired) electrons. The molecule has 3 nitrogen and oxygen atoms in total. The van der Waals surface area contributed by atoms with Crippen LogP contribution in [0.25, 0.3) is 0 Å². The summed E-state index contributed by atoms with van der Waals surface area (Å²) >= 11 is 11.4. The van der Waals surface area contributed by atoms with Crippen LogP contribution in [0.4, 0.5) is 0 Å². The van der Waals surface area contributed by atoms with Gasteiger partial charge in [0.05, 0.1) is 8.93 Å². The number of alkyl halides is 2. The fourth-order valence-electron chi connectivity index (χ4n) is 1.31. The lowest BCUT2D eigenvalue weighted by atomic mass is 10.2. The van der Waals surface area contributed by atoms with Crippen LogP contribution in [0, 0.1) is 0 Å². The summed E-state index contributed by atoms with van der Waals surface area (Å²) in [6.45, 7) is 1.95. The standard InChI is InChI=1S/C11H19Cl2N2OP2/c12-6-8-14-18(17,15-9-7-13)16-10-11-4-2-1-3-5-11/h1-5,14-15H,6-10,17H2/q+1. The molecule has 0 spiro atoms. The first-order valence-electron chi connectivity index (χ1n) is 5.68. The molecule has 18 heavy (non-hydrogen) atoms. The molecule has 0 saturated carbocycles. The van der Waals surface area contributed by atoms with Crippen molar-refractivity contribution in [2.45, 2.75) is 6.61 Å². The van der Waals surface area contributed by atoms with E-state index < -0.39 is 7.48 Å². The molecule has 0 saturated heterocycles. The number of halogens is 2. The molecule has 2 N–H and O–H groups in total. The van der Waals surface area contributed by atoms with Gasteiger partial charge in [0, 0.05) is 24.8 Å². The van der Waals surface area contributed by atoms with Gasteiger partial charge in [0.15, 0.2) is 0 Å². The zero-order valence-corrected chi connectivity index (χ0v) is 13.7. The first-order valence-corrected chi connectivity index (χ1v) is 10.1. The monoisotopic (exact) mass is 327 g/mol. The Labute approximate surface area is 122 Å². The highest BCUT2D eigenvalue weighted by Gasteiger charge is 2.33. The fourth-order valence-corrected chi connectivity index (χ4v) is 4.30. The van der Waals surface area contributed by atoms with Crippen LogP contribution in [0.15, 0.2) is 30.3 Å². The number of hydrogen-bond donors (Lipinski definition) is 2. The van der Waals surface area contributed by atoms with Gasteiger partial charge in [-0.25, -0.2) is 0 Å². The third kappa shape index (κ3) is 6.63. The Balaban J connectivity index is 2.49. The smallest absolute Gasteiger partial charge is 0.193 e. The summed E-state index contributed by atoms with van der Waals surface area (Å²) in [7, 11) is 0.817. The quantitative estimate of drug-likeness (QED) is 0.538. The van der Waals surface area contributed by atoms with Crippen LogP contribution in [-0.2, 0) is 11.1 Å². The molecule has 0 aliphatic carbocycles. The second-order valence-electron chi connectivity index (χ2n) is 3.61. The van der Waals surface area contributed by atoms with Gasteiger partial charge in [-0.15, -0.1) is 33.4 Å². The molecule has 1 aromatic rings. The van der Waals surface area contributed by atoms with Crippen LogP contribution in [-0.4, -0.2) is 24.8 Å². The summed E-state index contributed by atoms with van der Waals surface area (Å²) in [6.07, 6.45) is 0. The van der Waals surface area contributed by atoms with E-state index >= 15 is 0 Å². The summed E-state index contributed by atoms with van der Waals surface area (Å²) in [5, 5.41) is 6.60. The Morgan fingerprint density at radius 1 is 1.06 bits per heavy atom. The molecule has 1 unspecified atom stereocenters. The molecule has 0 amide bonds. The van der Waals surface area contributed by atoms with E-state index in [9.17, 15) is 0 Å². The summed E-state index contributed by atoms with van der Waals surface area (Å²) in [6, 6.07) is 10.1. The minimum Gasteiger partial charge on any atom is -0.193 e. The van der Waals surface area contributed by atoms with Crippen molar-refractivity contribution in [3.63, 3.8) is 0 Å². The Kier molecular flexibility index (Phi) is 8.71. The molecule has 1 rings (SSSR count). The van der Waals surface area contributed by atoms with Gasteiger partial charge in [0.25, 0.3) is 7.48 Å². The van der Waals surface area contributed by atoms with Gasteiger partial charge in [-0.2, -0.15) is 4.52 Å². The first-order chi connectivity index (χ1) is 8.70. The lowest BCUT2D eigenvalue weighted by molar-refractivity contribution is 0.326. The number of hydrogen-bond acceptors (Lipinski definition) is 3. The van der Waals surface area contributed by atoms with E-state index in [1.54, 1.807) is 0 Å². The maximum atomic E-state index is 5.95. The van der Waals surface area contributed by atoms with Crippen LogP contribution in [0.5, 0.6) is 0 Å².